The monoisotopic (exact) mass is 375 g/mol. The van der Waals surface area contributed by atoms with Gasteiger partial charge >= 0.3 is 0 Å². The first kappa shape index (κ1) is 14.6. The number of phenolic OH excluding ortho intramolecular Hbond substituents is 1. The smallest absolute Gasteiger partial charge is 0.255 e. The molecule has 1 aromatic carbocycles. The molecule has 0 heterocycles. The molecule has 0 radical (unpaired) electrons. The zero-order valence-electron chi connectivity index (χ0n) is 10.6. The van der Waals surface area contributed by atoms with Gasteiger partial charge in [-0.15, -0.1) is 0 Å². The molecule has 0 spiro atoms. The van der Waals surface area contributed by atoms with Crippen LogP contribution < -0.4 is 5.32 Å². The molecule has 0 aromatic heterocycles. The van der Waals surface area contributed by atoms with Crippen molar-refractivity contribution in [3.8, 4) is 5.75 Å². The van der Waals surface area contributed by atoms with Gasteiger partial charge < -0.3 is 15.5 Å². The Morgan fingerprint density at radius 2 is 2.00 bits per heavy atom. The van der Waals surface area contributed by atoms with Crippen molar-refractivity contribution < 1.29 is 15.0 Å². The van der Waals surface area contributed by atoms with Crippen LogP contribution >= 0.6 is 22.6 Å². The molecule has 0 bridgehead atoms. The average Bonchev–Trinajstić information content (AvgIpc) is 2.40. The maximum Gasteiger partial charge on any atom is 0.255 e. The molecule has 1 fully saturated rings. The van der Waals surface area contributed by atoms with Crippen LogP contribution in [-0.4, -0.2) is 28.8 Å². The summed E-state index contributed by atoms with van der Waals surface area (Å²) in [6, 6.07) is 4.97. The second-order valence-corrected chi connectivity index (χ2v) is 6.29. The van der Waals surface area contributed by atoms with Crippen molar-refractivity contribution in [2.24, 2.45) is 5.92 Å². The number of hydrogen-bond donors (Lipinski definition) is 3. The van der Waals surface area contributed by atoms with Gasteiger partial charge in [0, 0.05) is 10.1 Å². The number of halogens is 1. The summed E-state index contributed by atoms with van der Waals surface area (Å²) in [7, 11) is 0. The predicted octanol–water partition coefficient (Wildman–Crippen LogP) is 2.28. The number of aliphatic hydroxyl groups excluding tert-OH is 1. The molecule has 1 aliphatic carbocycles. The van der Waals surface area contributed by atoms with Crippen LogP contribution in [0.3, 0.4) is 0 Å². The number of rotatable bonds is 3. The minimum Gasteiger partial charge on any atom is -0.507 e. The molecule has 5 heteroatoms. The Bertz CT molecular complexity index is 456. The highest BCUT2D eigenvalue weighted by Gasteiger charge is 2.20. The number of carbonyl (C=O) groups excluding carboxylic acids is 1. The van der Waals surface area contributed by atoms with Gasteiger partial charge in [-0.2, -0.15) is 0 Å². The number of amides is 1. The van der Waals surface area contributed by atoms with E-state index in [1.165, 1.54) is 6.07 Å². The molecule has 0 saturated heterocycles. The number of phenols is 1. The van der Waals surface area contributed by atoms with Gasteiger partial charge in [-0.05, 0) is 72.4 Å². The van der Waals surface area contributed by atoms with Crippen LogP contribution in [0.15, 0.2) is 18.2 Å². The quantitative estimate of drug-likeness (QED) is 0.710. The number of benzene rings is 1. The van der Waals surface area contributed by atoms with Crippen molar-refractivity contribution in [2.75, 3.05) is 6.54 Å². The Balaban J connectivity index is 1.89. The van der Waals surface area contributed by atoms with Gasteiger partial charge in [-0.25, -0.2) is 0 Å². The van der Waals surface area contributed by atoms with E-state index in [1.807, 2.05) is 0 Å². The van der Waals surface area contributed by atoms with Crippen LogP contribution in [-0.2, 0) is 0 Å². The SMILES string of the molecule is O=C(NCC1CCC(O)CC1)c1cc(I)ccc1O. The molecule has 3 N–H and O–H groups in total. The predicted molar refractivity (Wildman–Crippen MR) is 81.1 cm³/mol. The third-order valence-corrected chi connectivity index (χ3v) is 4.24. The molecule has 0 aliphatic heterocycles. The molecule has 1 aromatic rings. The largest absolute Gasteiger partial charge is 0.507 e. The van der Waals surface area contributed by atoms with Crippen molar-refractivity contribution in [1.82, 2.24) is 5.32 Å². The summed E-state index contributed by atoms with van der Waals surface area (Å²) in [4.78, 5) is 12.0. The molecule has 1 aliphatic rings. The fraction of sp³-hybridized carbons (Fsp3) is 0.500. The fourth-order valence-corrected chi connectivity index (χ4v) is 2.86. The average molecular weight is 375 g/mol. The van der Waals surface area contributed by atoms with E-state index in [2.05, 4.69) is 27.9 Å². The Hall–Kier alpha value is -0.820. The molecule has 104 valence electrons. The van der Waals surface area contributed by atoms with E-state index in [9.17, 15) is 15.0 Å². The van der Waals surface area contributed by atoms with E-state index in [4.69, 9.17) is 0 Å². The molecule has 1 amide bonds. The van der Waals surface area contributed by atoms with Crippen molar-refractivity contribution in [1.29, 1.82) is 0 Å². The van der Waals surface area contributed by atoms with E-state index in [-0.39, 0.29) is 17.8 Å². The summed E-state index contributed by atoms with van der Waals surface area (Å²) in [6.45, 7) is 0.608. The molecule has 2 rings (SSSR count). The minimum atomic E-state index is -0.234. The highest BCUT2D eigenvalue weighted by molar-refractivity contribution is 14.1. The van der Waals surface area contributed by atoms with E-state index in [1.54, 1.807) is 12.1 Å². The second-order valence-electron chi connectivity index (χ2n) is 5.05. The summed E-state index contributed by atoms with van der Waals surface area (Å²) in [5.41, 5.74) is 0.322. The van der Waals surface area contributed by atoms with Gasteiger partial charge in [0.15, 0.2) is 0 Å². The highest BCUT2D eigenvalue weighted by atomic mass is 127. The second kappa shape index (κ2) is 6.56. The third-order valence-electron chi connectivity index (χ3n) is 3.57. The first-order valence-corrected chi connectivity index (χ1v) is 7.59. The summed E-state index contributed by atoms with van der Waals surface area (Å²) in [5.74, 6) is 0.205. The van der Waals surface area contributed by atoms with E-state index < -0.39 is 0 Å². The minimum absolute atomic E-state index is 0.0111. The Morgan fingerprint density at radius 3 is 2.68 bits per heavy atom. The van der Waals surface area contributed by atoms with Crippen molar-refractivity contribution in [3.63, 3.8) is 0 Å². The number of aliphatic hydroxyl groups is 1. The van der Waals surface area contributed by atoms with Crippen LogP contribution in [0.1, 0.15) is 36.0 Å². The van der Waals surface area contributed by atoms with E-state index in [0.29, 0.717) is 18.0 Å². The zero-order valence-corrected chi connectivity index (χ0v) is 12.8. The lowest BCUT2D eigenvalue weighted by Gasteiger charge is -2.25. The van der Waals surface area contributed by atoms with Gasteiger partial charge in [-0.1, -0.05) is 0 Å². The van der Waals surface area contributed by atoms with Gasteiger partial charge in [0.2, 0.25) is 0 Å². The van der Waals surface area contributed by atoms with Crippen LogP contribution in [0.4, 0.5) is 0 Å². The maximum atomic E-state index is 12.0. The first-order chi connectivity index (χ1) is 9.06. The van der Waals surface area contributed by atoms with Gasteiger partial charge in [0.25, 0.3) is 5.91 Å². The molecule has 0 unspecified atom stereocenters. The molecule has 0 atom stereocenters. The summed E-state index contributed by atoms with van der Waals surface area (Å²) >= 11 is 2.11. The molecule has 1 saturated carbocycles. The van der Waals surface area contributed by atoms with Crippen LogP contribution in [0, 0.1) is 9.49 Å². The van der Waals surface area contributed by atoms with E-state index in [0.717, 1.165) is 29.3 Å². The normalized spacial score (nSPS) is 23.1. The summed E-state index contributed by atoms with van der Waals surface area (Å²) in [5, 5.41) is 22.0. The topological polar surface area (TPSA) is 69.6 Å². The Morgan fingerprint density at radius 1 is 1.32 bits per heavy atom. The Kier molecular flexibility index (Phi) is 5.04. The first-order valence-electron chi connectivity index (χ1n) is 6.51. The van der Waals surface area contributed by atoms with Crippen LogP contribution in [0.2, 0.25) is 0 Å². The zero-order chi connectivity index (χ0) is 13.8. The lowest BCUT2D eigenvalue weighted by molar-refractivity contribution is 0.0908. The number of nitrogens with one attached hydrogen (secondary N) is 1. The summed E-state index contributed by atoms with van der Waals surface area (Å²) in [6.07, 6.45) is 3.34. The molecule has 4 nitrogen and oxygen atoms in total. The van der Waals surface area contributed by atoms with Gasteiger partial charge in [0.05, 0.1) is 11.7 Å². The van der Waals surface area contributed by atoms with Crippen molar-refractivity contribution in [2.45, 2.75) is 31.8 Å². The molecule has 19 heavy (non-hydrogen) atoms. The van der Waals surface area contributed by atoms with Crippen molar-refractivity contribution in [3.05, 3.63) is 27.3 Å². The van der Waals surface area contributed by atoms with E-state index >= 15 is 0 Å². The maximum absolute atomic E-state index is 12.0. The number of aromatic hydroxyl groups is 1. The van der Waals surface area contributed by atoms with Crippen molar-refractivity contribution >= 4 is 28.5 Å². The standard InChI is InChI=1S/C14H18INO3/c15-10-3-6-13(18)12(7-10)14(19)16-8-9-1-4-11(17)5-2-9/h3,6-7,9,11,17-18H,1-2,4-5,8H2,(H,16,19). The highest BCUT2D eigenvalue weighted by Crippen LogP contribution is 2.24. The van der Waals surface area contributed by atoms with Crippen LogP contribution in [0.25, 0.3) is 0 Å². The lowest BCUT2D eigenvalue weighted by atomic mass is 9.87. The third kappa shape index (κ3) is 4.07. The van der Waals surface area contributed by atoms with Gasteiger partial charge in [-0.3, -0.25) is 4.79 Å². The lowest BCUT2D eigenvalue weighted by Crippen LogP contribution is -2.32. The number of carbonyl (C=O) groups is 1. The molecular formula is C14H18INO3. The number of hydrogen-bond acceptors (Lipinski definition) is 3. The van der Waals surface area contributed by atoms with Crippen LogP contribution in [0.5, 0.6) is 5.75 Å². The Labute approximate surface area is 126 Å². The molecular weight excluding hydrogens is 357 g/mol. The summed E-state index contributed by atoms with van der Waals surface area (Å²) < 4.78 is 0.918. The van der Waals surface area contributed by atoms with Gasteiger partial charge in [0.1, 0.15) is 5.75 Å². The fourth-order valence-electron chi connectivity index (χ4n) is 2.37.